The van der Waals surface area contributed by atoms with E-state index in [4.69, 9.17) is 22.5 Å². The van der Waals surface area contributed by atoms with Crippen molar-refractivity contribution in [1.82, 2.24) is 35.0 Å². The number of fused-ring (bicyclic) bond motifs is 2. The van der Waals surface area contributed by atoms with Gasteiger partial charge in [0.1, 0.15) is 23.8 Å². The smallest absolute Gasteiger partial charge is 0.437 e. The maximum atomic E-state index is 13.8. The maximum Gasteiger partial charge on any atom is 0.437 e. The van der Waals surface area contributed by atoms with Gasteiger partial charge >= 0.3 is 28.6 Å². The zero-order valence-electron chi connectivity index (χ0n) is 36.1. The number of amides is 4. The quantitative estimate of drug-likeness (QED) is 0.116. The molecule has 326 valence electrons. The number of hydrogen-bond donors (Lipinski definition) is 0. The van der Waals surface area contributed by atoms with E-state index in [1.807, 2.05) is 0 Å². The van der Waals surface area contributed by atoms with Crippen LogP contribution in [0.5, 0.6) is 0 Å². The number of aromatic nitrogens is 2. The van der Waals surface area contributed by atoms with Gasteiger partial charge in [-0.25, -0.2) is 14.4 Å². The Balaban J connectivity index is 1.48. The van der Waals surface area contributed by atoms with Crippen molar-refractivity contribution in [3.05, 3.63) is 11.8 Å². The highest BCUT2D eigenvalue weighted by Gasteiger charge is 2.50. The van der Waals surface area contributed by atoms with E-state index < -0.39 is 63.5 Å². The molecule has 0 aromatic carbocycles. The molecule has 4 heterocycles. The van der Waals surface area contributed by atoms with Crippen LogP contribution in [0.25, 0.3) is 0 Å². The number of hydroxylamine groups is 4. The van der Waals surface area contributed by atoms with E-state index in [0.29, 0.717) is 32.4 Å². The monoisotopic (exact) mass is 827 g/mol. The Morgan fingerprint density at radius 2 is 1.49 bits per heavy atom. The number of carbonyl (C=O) groups excluding carboxylic acids is 3. The molecule has 4 amide bonds. The molecular formula is C39H69N7O10S. The third-order valence-corrected chi connectivity index (χ3v) is 11.3. The van der Waals surface area contributed by atoms with Crippen LogP contribution in [0.15, 0.2) is 4.42 Å². The number of likely N-dealkylation sites (tertiary alicyclic amines) is 1. The summed E-state index contributed by atoms with van der Waals surface area (Å²) >= 11 is 0. The fourth-order valence-corrected chi connectivity index (χ4v) is 8.72. The minimum atomic E-state index is -4.69. The molecule has 1 aromatic rings. The number of ether oxygens (including phenoxy) is 2. The molecule has 3 fully saturated rings. The summed E-state index contributed by atoms with van der Waals surface area (Å²) in [6.07, 6.45) is 8.91. The molecule has 57 heavy (non-hydrogen) atoms. The van der Waals surface area contributed by atoms with Crippen LogP contribution in [0.1, 0.15) is 171 Å². The molecule has 0 aliphatic carbocycles. The third-order valence-electron chi connectivity index (χ3n) is 10.6. The highest BCUT2D eigenvalue weighted by Crippen LogP contribution is 2.40. The van der Waals surface area contributed by atoms with Gasteiger partial charge in [0.15, 0.2) is 0 Å². The van der Waals surface area contributed by atoms with Gasteiger partial charge in [0.25, 0.3) is 0 Å². The molecular weight excluding hydrogens is 759 g/mol. The fraction of sp³-hybridized carbons (Fsp3) is 0.872. The van der Waals surface area contributed by atoms with Crippen molar-refractivity contribution in [2.24, 2.45) is 0 Å². The Bertz CT molecular complexity index is 1590. The Morgan fingerprint density at radius 1 is 0.842 bits per heavy atom. The van der Waals surface area contributed by atoms with E-state index in [2.05, 4.69) is 37.9 Å². The van der Waals surface area contributed by atoms with Crippen LogP contribution in [0.4, 0.5) is 14.4 Å². The second-order valence-corrected chi connectivity index (χ2v) is 18.8. The van der Waals surface area contributed by atoms with Crippen molar-refractivity contribution in [2.75, 3.05) is 26.2 Å². The summed E-state index contributed by atoms with van der Waals surface area (Å²) in [7, 11) is -4.69. The average molecular weight is 828 g/mol. The largest absolute Gasteiger partial charge is 0.444 e. The van der Waals surface area contributed by atoms with Gasteiger partial charge in [0, 0.05) is 31.7 Å². The molecule has 0 saturated carbocycles. The number of carbonyl (C=O) groups is 3. The fourth-order valence-electron chi connectivity index (χ4n) is 7.85. The van der Waals surface area contributed by atoms with E-state index >= 15 is 0 Å². The summed E-state index contributed by atoms with van der Waals surface area (Å²) < 4.78 is 56.2. The predicted octanol–water partition coefficient (Wildman–Crippen LogP) is 7.89. The van der Waals surface area contributed by atoms with Gasteiger partial charge in [-0.05, 0) is 86.5 Å². The van der Waals surface area contributed by atoms with Crippen LogP contribution in [0, 0.1) is 0 Å². The summed E-state index contributed by atoms with van der Waals surface area (Å²) in [6.45, 7) is 20.3. The summed E-state index contributed by atoms with van der Waals surface area (Å²) in [6, 6.07) is -2.22. The van der Waals surface area contributed by atoms with Gasteiger partial charge in [-0.15, -0.1) is 14.5 Å². The van der Waals surface area contributed by atoms with Crippen molar-refractivity contribution in [1.29, 1.82) is 0 Å². The van der Waals surface area contributed by atoms with Crippen molar-refractivity contribution >= 4 is 28.6 Å². The van der Waals surface area contributed by atoms with Gasteiger partial charge in [-0.3, -0.25) is 4.90 Å². The molecule has 1 aromatic heterocycles. The van der Waals surface area contributed by atoms with Crippen LogP contribution in [-0.4, -0.2) is 117 Å². The number of rotatable bonds is 20. The van der Waals surface area contributed by atoms with Crippen molar-refractivity contribution in [3.8, 4) is 0 Å². The molecule has 0 radical (unpaired) electrons. The summed E-state index contributed by atoms with van der Waals surface area (Å²) in [5.41, 5.74) is -1.92. The van der Waals surface area contributed by atoms with Crippen LogP contribution in [0.2, 0.25) is 0 Å². The molecule has 0 spiro atoms. The number of urea groups is 1. The summed E-state index contributed by atoms with van der Waals surface area (Å²) in [5.74, 6) is 0.281. The number of piperidine rings is 1. The lowest BCUT2D eigenvalue weighted by Crippen LogP contribution is -2.51. The van der Waals surface area contributed by atoms with Gasteiger partial charge in [0.2, 0.25) is 11.8 Å². The highest BCUT2D eigenvalue weighted by atomic mass is 32.3. The molecule has 0 N–H and O–H groups in total. The molecule has 3 atom stereocenters. The van der Waals surface area contributed by atoms with Gasteiger partial charge < -0.3 is 23.7 Å². The van der Waals surface area contributed by atoms with Crippen molar-refractivity contribution < 1.29 is 45.3 Å². The Hall–Kier alpha value is -3.22. The molecule has 0 unspecified atom stereocenters. The summed E-state index contributed by atoms with van der Waals surface area (Å²) in [4.78, 5) is 44.7. The predicted molar refractivity (Wildman–Crippen MR) is 211 cm³/mol. The first kappa shape index (κ1) is 46.5. The normalized spacial score (nSPS) is 20.5. The van der Waals surface area contributed by atoms with Crippen molar-refractivity contribution in [2.45, 2.75) is 194 Å². The Labute approximate surface area is 340 Å². The van der Waals surface area contributed by atoms with E-state index in [1.165, 1.54) is 9.80 Å². The zero-order valence-corrected chi connectivity index (χ0v) is 36.9. The van der Waals surface area contributed by atoms with Crippen molar-refractivity contribution in [3.63, 3.8) is 0 Å². The first-order valence-corrected chi connectivity index (χ1v) is 22.4. The SMILES string of the molecule is CCCCN(OS(=O)(=O)ON1C(=O)N2C[C@@H]1CC[C@H]2c1nnc(CN(C(=O)OC(C)(C)C)[C@H]2CCN(C(=O)OC(C)(C)C)C2)o1)C(CCC)(CCCC)CCCC. The van der Waals surface area contributed by atoms with E-state index in [9.17, 15) is 22.8 Å². The maximum absolute atomic E-state index is 13.8. The van der Waals surface area contributed by atoms with E-state index in [-0.39, 0.29) is 31.4 Å². The van der Waals surface area contributed by atoms with Gasteiger partial charge in [-0.1, -0.05) is 66.2 Å². The Morgan fingerprint density at radius 3 is 2.09 bits per heavy atom. The van der Waals surface area contributed by atoms with Crippen LogP contribution >= 0.6 is 0 Å². The second-order valence-electron chi connectivity index (χ2n) is 17.7. The standard InChI is InChI=1S/C39H69N7O10S/c1-11-15-22-39(21-14-4,23-16-12-2)45(24-17-13-3)55-57(50,51)56-46-30-18-19-31(44(27-30)34(46)47)33-41-40-32(52-33)28-43(36(49)54-38(8,9)10)29-20-25-42(26-29)35(48)53-37(5,6)7/h29-31H,11-28H2,1-10H3/t29-,30-,31-/m0/s1. The molecule has 18 heteroatoms. The van der Waals surface area contributed by atoms with Crippen LogP contribution < -0.4 is 0 Å². The minimum Gasteiger partial charge on any atom is -0.444 e. The highest BCUT2D eigenvalue weighted by molar-refractivity contribution is 7.81. The van der Waals surface area contributed by atoms with Crippen LogP contribution in [0.3, 0.4) is 0 Å². The molecule has 3 aliphatic rings. The number of unbranched alkanes of at least 4 members (excludes halogenated alkanes) is 3. The topological polar surface area (TPSA) is 177 Å². The lowest BCUT2D eigenvalue weighted by atomic mass is 9.82. The lowest BCUT2D eigenvalue weighted by molar-refractivity contribution is -0.172. The lowest BCUT2D eigenvalue weighted by Gasteiger charge is -2.43. The van der Waals surface area contributed by atoms with Crippen LogP contribution in [-0.2, 0) is 35.0 Å². The molecule has 3 saturated heterocycles. The number of hydrogen-bond acceptors (Lipinski definition) is 13. The van der Waals surface area contributed by atoms with E-state index in [1.54, 1.807) is 51.5 Å². The third kappa shape index (κ3) is 12.6. The molecule has 4 rings (SSSR count). The minimum absolute atomic E-state index is 0.0899. The van der Waals surface area contributed by atoms with Gasteiger partial charge in [-0.2, -0.15) is 22.8 Å². The first-order chi connectivity index (χ1) is 26.7. The zero-order chi connectivity index (χ0) is 42.2. The molecule has 3 aliphatic heterocycles. The first-order valence-electron chi connectivity index (χ1n) is 21.1. The Kier molecular flexibility index (Phi) is 16.1. The van der Waals surface area contributed by atoms with Gasteiger partial charge in [0.05, 0.1) is 12.1 Å². The second kappa shape index (κ2) is 19.7. The number of nitrogens with zero attached hydrogens (tertiary/aromatic N) is 7. The summed E-state index contributed by atoms with van der Waals surface area (Å²) in [5, 5.41) is 11.0. The molecule has 17 nitrogen and oxygen atoms in total. The van der Waals surface area contributed by atoms with E-state index in [0.717, 1.165) is 69.3 Å². The molecule has 2 bridgehead atoms. The average Bonchev–Trinajstić information content (AvgIpc) is 3.85.